The van der Waals surface area contributed by atoms with Crippen molar-refractivity contribution in [3.63, 3.8) is 0 Å². The molecule has 1 atom stereocenters. The van der Waals surface area contributed by atoms with Crippen molar-refractivity contribution < 1.29 is 13.6 Å². The lowest BCUT2D eigenvalue weighted by Crippen LogP contribution is -2.23. The lowest BCUT2D eigenvalue weighted by Gasteiger charge is -2.12. The van der Waals surface area contributed by atoms with E-state index in [2.05, 4.69) is 5.32 Å². The van der Waals surface area contributed by atoms with E-state index in [0.29, 0.717) is 5.75 Å². The summed E-state index contributed by atoms with van der Waals surface area (Å²) in [5.74, 6) is -0.518. The summed E-state index contributed by atoms with van der Waals surface area (Å²) in [7, 11) is 0. The molecule has 0 aliphatic heterocycles. The number of para-hydroxylation sites is 1. The smallest absolute Gasteiger partial charge is 0.237 e. The van der Waals surface area contributed by atoms with Crippen LogP contribution < -0.4 is 5.32 Å². The van der Waals surface area contributed by atoms with Gasteiger partial charge in [-0.25, -0.2) is 8.78 Å². The number of thioether (sulfide) groups is 1. The number of nitrogens with one attached hydrogen (secondary N) is 1. The molecule has 0 radical (unpaired) electrons. The number of rotatable bonds is 5. The predicted molar refractivity (Wildman–Crippen MR) is 82.2 cm³/mol. The van der Waals surface area contributed by atoms with Gasteiger partial charge in [0.2, 0.25) is 5.91 Å². The average molecular weight is 307 g/mol. The Morgan fingerprint density at radius 3 is 2.67 bits per heavy atom. The van der Waals surface area contributed by atoms with Crippen LogP contribution in [0.2, 0.25) is 0 Å². The molecular formula is C16H15F2NOS. The van der Waals surface area contributed by atoms with Crippen molar-refractivity contribution in [2.24, 2.45) is 0 Å². The lowest BCUT2D eigenvalue weighted by molar-refractivity contribution is -0.115. The highest BCUT2D eigenvalue weighted by molar-refractivity contribution is 7.99. The molecule has 0 spiro atoms. The van der Waals surface area contributed by atoms with E-state index in [9.17, 15) is 13.6 Å². The van der Waals surface area contributed by atoms with Gasteiger partial charge in [0.25, 0.3) is 0 Å². The summed E-state index contributed by atoms with van der Waals surface area (Å²) in [5, 5.41) is 2.18. The highest BCUT2D eigenvalue weighted by atomic mass is 32.2. The second kappa shape index (κ2) is 7.22. The Bertz CT molecular complexity index is 633. The third-order valence-electron chi connectivity index (χ3n) is 2.89. The Balaban J connectivity index is 1.90. The van der Waals surface area contributed by atoms with Gasteiger partial charge in [-0.15, -0.1) is 11.8 Å². The molecule has 0 aromatic heterocycles. The highest BCUT2D eigenvalue weighted by Crippen LogP contribution is 2.20. The minimum absolute atomic E-state index is 0.167. The zero-order valence-corrected chi connectivity index (χ0v) is 12.3. The fraction of sp³-hybridized carbons (Fsp3) is 0.188. The number of halogens is 2. The summed E-state index contributed by atoms with van der Waals surface area (Å²) in [6.45, 7) is 1.74. The van der Waals surface area contributed by atoms with E-state index in [-0.39, 0.29) is 22.7 Å². The molecule has 2 rings (SSSR count). The predicted octanol–water partition coefficient (Wildman–Crippen LogP) is 4.23. The molecule has 110 valence electrons. The van der Waals surface area contributed by atoms with Gasteiger partial charge in [0.05, 0.1) is 10.9 Å². The fourth-order valence-electron chi connectivity index (χ4n) is 1.72. The van der Waals surface area contributed by atoms with E-state index >= 15 is 0 Å². The molecule has 21 heavy (non-hydrogen) atoms. The Hall–Kier alpha value is -1.88. The molecule has 1 amide bonds. The average Bonchev–Trinajstić information content (AvgIpc) is 2.47. The zero-order chi connectivity index (χ0) is 15.2. The topological polar surface area (TPSA) is 29.1 Å². The first-order valence-corrected chi connectivity index (χ1v) is 7.52. The first-order valence-electron chi connectivity index (χ1n) is 6.47. The first-order chi connectivity index (χ1) is 10.1. The number of carbonyl (C=O) groups is 1. The monoisotopic (exact) mass is 307 g/mol. The molecule has 0 fully saturated rings. The van der Waals surface area contributed by atoms with Crippen LogP contribution in [0.15, 0.2) is 48.5 Å². The van der Waals surface area contributed by atoms with Crippen molar-refractivity contribution in [2.75, 3.05) is 5.32 Å². The molecule has 0 aliphatic rings. The minimum Gasteiger partial charge on any atom is -0.323 e. The molecule has 2 nitrogen and oxygen atoms in total. The van der Waals surface area contributed by atoms with Crippen molar-refractivity contribution in [3.8, 4) is 0 Å². The van der Waals surface area contributed by atoms with E-state index in [1.165, 1.54) is 36.0 Å². The van der Waals surface area contributed by atoms with Crippen molar-refractivity contribution >= 4 is 23.4 Å². The Morgan fingerprint density at radius 1 is 1.19 bits per heavy atom. The number of hydrogen-bond donors (Lipinski definition) is 1. The van der Waals surface area contributed by atoms with Gasteiger partial charge < -0.3 is 5.32 Å². The van der Waals surface area contributed by atoms with E-state index in [1.54, 1.807) is 31.2 Å². The van der Waals surface area contributed by atoms with Crippen LogP contribution in [0.25, 0.3) is 0 Å². The van der Waals surface area contributed by atoms with Crippen LogP contribution >= 0.6 is 11.8 Å². The summed E-state index contributed by atoms with van der Waals surface area (Å²) < 4.78 is 26.5. The Morgan fingerprint density at radius 2 is 1.95 bits per heavy atom. The molecule has 0 aliphatic carbocycles. The van der Waals surface area contributed by atoms with Crippen LogP contribution in [-0.4, -0.2) is 11.2 Å². The van der Waals surface area contributed by atoms with Crippen LogP contribution in [0.1, 0.15) is 12.5 Å². The molecule has 5 heteroatoms. The minimum atomic E-state index is -0.465. The van der Waals surface area contributed by atoms with Crippen LogP contribution in [0.5, 0.6) is 0 Å². The van der Waals surface area contributed by atoms with Gasteiger partial charge in [-0.3, -0.25) is 4.79 Å². The zero-order valence-electron chi connectivity index (χ0n) is 11.5. The van der Waals surface area contributed by atoms with Crippen molar-refractivity contribution in [1.29, 1.82) is 0 Å². The van der Waals surface area contributed by atoms with Crippen LogP contribution in [-0.2, 0) is 10.5 Å². The van der Waals surface area contributed by atoms with Crippen molar-refractivity contribution in [3.05, 3.63) is 65.7 Å². The van der Waals surface area contributed by atoms with Gasteiger partial charge in [0, 0.05) is 5.75 Å². The summed E-state index contributed by atoms with van der Waals surface area (Å²) in [6.07, 6.45) is 0. The second-order valence-electron chi connectivity index (χ2n) is 4.55. The first kappa shape index (κ1) is 15.5. The fourth-order valence-corrected chi connectivity index (χ4v) is 2.55. The second-order valence-corrected chi connectivity index (χ2v) is 5.88. The van der Waals surface area contributed by atoms with E-state index in [4.69, 9.17) is 0 Å². The summed E-state index contributed by atoms with van der Waals surface area (Å²) >= 11 is 1.37. The number of anilines is 1. The largest absolute Gasteiger partial charge is 0.323 e. The van der Waals surface area contributed by atoms with Gasteiger partial charge in [-0.1, -0.05) is 24.3 Å². The highest BCUT2D eigenvalue weighted by Gasteiger charge is 2.15. The summed E-state index contributed by atoms with van der Waals surface area (Å²) in [5.41, 5.74) is 0.978. The quantitative estimate of drug-likeness (QED) is 0.896. The molecule has 0 saturated heterocycles. The molecule has 0 bridgehead atoms. The number of benzene rings is 2. The van der Waals surface area contributed by atoms with Gasteiger partial charge in [-0.05, 0) is 36.8 Å². The van der Waals surface area contributed by atoms with Crippen LogP contribution in [0.4, 0.5) is 14.5 Å². The number of carbonyl (C=O) groups excluding carboxylic acids is 1. The molecular weight excluding hydrogens is 292 g/mol. The maximum atomic E-state index is 13.4. The molecule has 2 aromatic carbocycles. The number of amides is 1. The van der Waals surface area contributed by atoms with Crippen LogP contribution in [0.3, 0.4) is 0 Å². The summed E-state index contributed by atoms with van der Waals surface area (Å²) in [4.78, 5) is 12.0. The lowest BCUT2D eigenvalue weighted by atomic mass is 10.2. The molecule has 1 N–H and O–H groups in total. The molecule has 2 aromatic rings. The van der Waals surface area contributed by atoms with E-state index in [0.717, 1.165) is 5.56 Å². The summed E-state index contributed by atoms with van der Waals surface area (Å²) in [6, 6.07) is 12.3. The third-order valence-corrected chi connectivity index (χ3v) is 4.10. The Labute approximate surface area is 126 Å². The third kappa shape index (κ3) is 4.56. The maximum absolute atomic E-state index is 13.4. The molecule has 0 unspecified atom stereocenters. The Kier molecular flexibility index (Phi) is 5.33. The van der Waals surface area contributed by atoms with Gasteiger partial charge in [0.1, 0.15) is 11.6 Å². The standard InChI is InChI=1S/C16H15F2NOS/c1-11(21-10-12-5-4-6-13(17)9-12)16(20)19-15-8-3-2-7-14(15)18/h2-9,11H,10H2,1H3,(H,19,20)/t11-/m1/s1. The van der Waals surface area contributed by atoms with Gasteiger partial charge >= 0.3 is 0 Å². The van der Waals surface area contributed by atoms with Crippen molar-refractivity contribution in [2.45, 2.75) is 17.9 Å². The molecule has 0 heterocycles. The SMILES string of the molecule is C[C@@H](SCc1cccc(F)c1)C(=O)Nc1ccccc1F. The normalized spacial score (nSPS) is 12.0. The number of hydrogen-bond acceptors (Lipinski definition) is 2. The van der Waals surface area contributed by atoms with Gasteiger partial charge in [-0.2, -0.15) is 0 Å². The van der Waals surface area contributed by atoms with E-state index < -0.39 is 5.82 Å². The molecule has 0 saturated carbocycles. The maximum Gasteiger partial charge on any atom is 0.237 e. The van der Waals surface area contributed by atoms with E-state index in [1.807, 2.05) is 0 Å². The van der Waals surface area contributed by atoms with Crippen molar-refractivity contribution in [1.82, 2.24) is 0 Å². The van der Waals surface area contributed by atoms with Crippen LogP contribution in [0, 0.1) is 11.6 Å². The van der Waals surface area contributed by atoms with Gasteiger partial charge in [0.15, 0.2) is 0 Å².